The Bertz CT molecular complexity index is 204. The molecule has 0 aromatic carbocycles. The first-order chi connectivity index (χ1) is 6.22. The van der Waals surface area contributed by atoms with Gasteiger partial charge in [-0.25, -0.2) is 4.79 Å². The number of cyclic esters (lactones) is 1. The van der Waals surface area contributed by atoms with Crippen molar-refractivity contribution in [3.8, 4) is 0 Å². The van der Waals surface area contributed by atoms with E-state index in [4.69, 9.17) is 4.74 Å². The maximum atomic E-state index is 10.9. The van der Waals surface area contributed by atoms with Crippen LogP contribution in [0.25, 0.3) is 0 Å². The molecule has 0 aromatic rings. The normalized spacial score (nSPS) is 21.9. The lowest BCUT2D eigenvalue weighted by atomic mass is 10.1. The average Bonchev–Trinajstić information content (AvgIpc) is 2.04. The van der Waals surface area contributed by atoms with Crippen LogP contribution >= 0.6 is 0 Å². The molecule has 0 saturated carbocycles. The number of ether oxygens (including phenoxy) is 2. The summed E-state index contributed by atoms with van der Waals surface area (Å²) in [6, 6.07) is -0.139. The molecule has 5 heteroatoms. The molecule has 1 aliphatic rings. The molecule has 13 heavy (non-hydrogen) atoms. The van der Waals surface area contributed by atoms with Crippen LogP contribution < -0.4 is 5.32 Å². The predicted octanol–water partition coefficient (Wildman–Crippen LogP) is 0.438. The highest BCUT2D eigenvalue weighted by Crippen LogP contribution is 2.07. The van der Waals surface area contributed by atoms with Crippen molar-refractivity contribution in [3.05, 3.63) is 0 Å². The van der Waals surface area contributed by atoms with Crippen LogP contribution in [0, 0.1) is 0 Å². The maximum absolute atomic E-state index is 10.9. The lowest BCUT2D eigenvalue weighted by Gasteiger charge is -2.21. The predicted molar refractivity (Wildman–Crippen MR) is 44.1 cm³/mol. The third-order valence-electron chi connectivity index (χ3n) is 1.74. The van der Waals surface area contributed by atoms with Gasteiger partial charge in [0.25, 0.3) is 0 Å². The number of hydrogen-bond donors (Lipinski definition) is 1. The van der Waals surface area contributed by atoms with Crippen LogP contribution in [-0.2, 0) is 14.3 Å². The fraction of sp³-hybridized carbons (Fsp3) is 0.750. The van der Waals surface area contributed by atoms with Crippen molar-refractivity contribution in [3.63, 3.8) is 0 Å². The van der Waals surface area contributed by atoms with Gasteiger partial charge >= 0.3 is 12.1 Å². The molecule has 1 heterocycles. The highest BCUT2D eigenvalue weighted by Gasteiger charge is 2.22. The molecule has 1 saturated heterocycles. The van der Waals surface area contributed by atoms with Crippen molar-refractivity contribution in [1.29, 1.82) is 0 Å². The molecule has 0 aromatic heterocycles. The first kappa shape index (κ1) is 9.83. The molecule has 74 valence electrons. The van der Waals surface area contributed by atoms with E-state index in [9.17, 15) is 9.59 Å². The van der Waals surface area contributed by atoms with Crippen molar-refractivity contribution in [2.75, 3.05) is 13.2 Å². The third-order valence-corrected chi connectivity index (χ3v) is 1.74. The number of hydrogen-bond acceptors (Lipinski definition) is 4. The fourth-order valence-electron chi connectivity index (χ4n) is 1.14. The van der Waals surface area contributed by atoms with Crippen molar-refractivity contribution < 1.29 is 19.1 Å². The number of amides is 1. The molecule has 0 radical (unpaired) electrons. The van der Waals surface area contributed by atoms with Gasteiger partial charge in [-0.1, -0.05) is 0 Å². The Morgan fingerprint density at radius 1 is 1.77 bits per heavy atom. The van der Waals surface area contributed by atoms with Crippen molar-refractivity contribution in [2.24, 2.45) is 0 Å². The molecule has 1 aliphatic heterocycles. The average molecular weight is 187 g/mol. The van der Waals surface area contributed by atoms with Gasteiger partial charge < -0.3 is 14.8 Å². The van der Waals surface area contributed by atoms with Gasteiger partial charge in [-0.2, -0.15) is 0 Å². The second-order valence-corrected chi connectivity index (χ2v) is 2.78. The maximum Gasteiger partial charge on any atom is 0.407 e. The first-order valence-corrected chi connectivity index (χ1v) is 4.31. The second-order valence-electron chi connectivity index (χ2n) is 2.78. The lowest BCUT2D eigenvalue weighted by Crippen LogP contribution is -2.40. The van der Waals surface area contributed by atoms with Crippen LogP contribution in [0.1, 0.15) is 19.8 Å². The van der Waals surface area contributed by atoms with Crippen LogP contribution in [0.2, 0.25) is 0 Å². The molecule has 1 atom stereocenters. The standard InChI is InChI=1S/C8H13NO4/c1-2-12-8(11)9-6-3-4-13-7(10)5-6/h6H,2-5H2,1H3,(H,9,11). The van der Waals surface area contributed by atoms with E-state index < -0.39 is 6.09 Å². The van der Waals surface area contributed by atoms with Gasteiger partial charge in [0, 0.05) is 12.5 Å². The number of nitrogens with one attached hydrogen (secondary N) is 1. The quantitative estimate of drug-likeness (QED) is 0.637. The molecular formula is C8H13NO4. The molecule has 5 nitrogen and oxygen atoms in total. The highest BCUT2D eigenvalue weighted by molar-refractivity contribution is 5.73. The Kier molecular flexibility index (Phi) is 3.54. The van der Waals surface area contributed by atoms with E-state index >= 15 is 0 Å². The minimum atomic E-state index is -0.470. The number of esters is 1. The summed E-state index contributed by atoms with van der Waals surface area (Å²) in [5.41, 5.74) is 0. The fourth-order valence-corrected chi connectivity index (χ4v) is 1.14. The molecule has 1 unspecified atom stereocenters. The van der Waals surface area contributed by atoms with Crippen LogP contribution in [0.3, 0.4) is 0 Å². The molecular weight excluding hydrogens is 174 g/mol. The summed E-state index contributed by atoms with van der Waals surface area (Å²) in [6.45, 7) is 2.44. The van der Waals surface area contributed by atoms with Gasteiger partial charge in [-0.05, 0) is 6.92 Å². The zero-order chi connectivity index (χ0) is 9.68. The van der Waals surface area contributed by atoms with E-state index in [1.807, 2.05) is 0 Å². The van der Waals surface area contributed by atoms with E-state index in [1.165, 1.54) is 0 Å². The molecule has 1 fully saturated rings. The molecule has 0 spiro atoms. The lowest BCUT2D eigenvalue weighted by molar-refractivity contribution is -0.147. The Hall–Kier alpha value is -1.26. The van der Waals surface area contributed by atoms with E-state index in [2.05, 4.69) is 10.1 Å². The summed E-state index contributed by atoms with van der Waals surface area (Å²) in [5.74, 6) is -0.270. The largest absolute Gasteiger partial charge is 0.466 e. The SMILES string of the molecule is CCOC(=O)NC1CCOC(=O)C1. The van der Waals surface area contributed by atoms with E-state index in [1.54, 1.807) is 6.92 Å². The number of carbonyl (C=O) groups excluding carboxylic acids is 2. The van der Waals surface area contributed by atoms with Gasteiger partial charge in [0.2, 0.25) is 0 Å². The summed E-state index contributed by atoms with van der Waals surface area (Å²) in [4.78, 5) is 21.7. The van der Waals surface area contributed by atoms with Crippen LogP contribution in [0.4, 0.5) is 4.79 Å². The van der Waals surface area contributed by atoms with E-state index in [0.717, 1.165) is 0 Å². The van der Waals surface area contributed by atoms with Crippen molar-refractivity contribution in [1.82, 2.24) is 5.32 Å². The number of alkyl carbamates (subject to hydrolysis) is 1. The Morgan fingerprint density at radius 3 is 3.15 bits per heavy atom. The number of rotatable bonds is 2. The zero-order valence-corrected chi connectivity index (χ0v) is 7.54. The summed E-state index contributed by atoms with van der Waals surface area (Å²) in [5, 5.41) is 2.59. The summed E-state index contributed by atoms with van der Waals surface area (Å²) >= 11 is 0. The Balaban J connectivity index is 2.27. The van der Waals surface area contributed by atoms with Crippen LogP contribution in [0.5, 0.6) is 0 Å². The van der Waals surface area contributed by atoms with Gasteiger partial charge in [-0.3, -0.25) is 4.79 Å². The Labute approximate surface area is 76.4 Å². The smallest absolute Gasteiger partial charge is 0.407 e. The van der Waals surface area contributed by atoms with Gasteiger partial charge in [0.05, 0.1) is 19.6 Å². The van der Waals surface area contributed by atoms with Gasteiger partial charge in [0.1, 0.15) is 0 Å². The topological polar surface area (TPSA) is 64.6 Å². The Morgan fingerprint density at radius 2 is 2.54 bits per heavy atom. The third kappa shape index (κ3) is 3.31. The van der Waals surface area contributed by atoms with Gasteiger partial charge in [-0.15, -0.1) is 0 Å². The van der Waals surface area contributed by atoms with Crippen molar-refractivity contribution in [2.45, 2.75) is 25.8 Å². The van der Waals surface area contributed by atoms with E-state index in [-0.39, 0.29) is 18.4 Å². The molecule has 0 bridgehead atoms. The van der Waals surface area contributed by atoms with Gasteiger partial charge in [0.15, 0.2) is 0 Å². The molecule has 1 rings (SSSR count). The minimum Gasteiger partial charge on any atom is -0.466 e. The first-order valence-electron chi connectivity index (χ1n) is 4.31. The summed E-state index contributed by atoms with van der Waals surface area (Å²) < 4.78 is 9.40. The summed E-state index contributed by atoms with van der Waals surface area (Å²) in [7, 11) is 0. The van der Waals surface area contributed by atoms with Crippen LogP contribution in [-0.4, -0.2) is 31.3 Å². The van der Waals surface area contributed by atoms with Crippen molar-refractivity contribution >= 4 is 12.1 Å². The second kappa shape index (κ2) is 4.69. The summed E-state index contributed by atoms with van der Waals surface area (Å²) in [6.07, 6.45) is 0.422. The zero-order valence-electron chi connectivity index (χ0n) is 7.54. The highest BCUT2D eigenvalue weighted by atomic mass is 16.5. The van der Waals surface area contributed by atoms with E-state index in [0.29, 0.717) is 19.6 Å². The molecule has 1 N–H and O–H groups in total. The monoisotopic (exact) mass is 187 g/mol. The molecule has 1 amide bonds. The van der Waals surface area contributed by atoms with Crippen LogP contribution in [0.15, 0.2) is 0 Å². The minimum absolute atomic E-state index is 0.139. The number of carbonyl (C=O) groups is 2. The molecule has 0 aliphatic carbocycles.